The van der Waals surface area contributed by atoms with E-state index < -0.39 is 0 Å². The summed E-state index contributed by atoms with van der Waals surface area (Å²) in [6.45, 7) is 1.52. The summed E-state index contributed by atoms with van der Waals surface area (Å²) in [6.07, 6.45) is 1.87. The summed E-state index contributed by atoms with van der Waals surface area (Å²) in [4.78, 5) is 10.4. The largest absolute Gasteiger partial charge is 0.361 e. The number of hydrogen-bond acceptors (Lipinski definition) is 3. The van der Waals surface area contributed by atoms with Crippen LogP contribution in [0.2, 0.25) is 0 Å². The molecule has 0 atom stereocenters. The molecule has 0 aliphatic heterocycles. The van der Waals surface area contributed by atoms with Gasteiger partial charge >= 0.3 is 0 Å². The van der Waals surface area contributed by atoms with E-state index in [4.69, 9.17) is 0 Å². The minimum absolute atomic E-state index is 0.0896. The monoisotopic (exact) mass is 125 g/mol. The first-order valence-electron chi connectivity index (χ1n) is 2.68. The molecule has 0 saturated heterocycles. The van der Waals surface area contributed by atoms with Crippen molar-refractivity contribution in [2.75, 3.05) is 0 Å². The number of rotatable bonds is 2. The summed E-state index contributed by atoms with van der Waals surface area (Å²) in [7, 11) is 0. The van der Waals surface area contributed by atoms with Crippen molar-refractivity contribution in [2.24, 2.45) is 0 Å². The Morgan fingerprint density at radius 2 is 2.67 bits per heavy atom. The smallest absolute Gasteiger partial charge is 0.144 e. The Kier molecular flexibility index (Phi) is 1.63. The van der Waals surface area contributed by atoms with Crippen LogP contribution < -0.4 is 0 Å². The average molecular weight is 125 g/mol. The van der Waals surface area contributed by atoms with Gasteiger partial charge in [0.1, 0.15) is 11.5 Å². The van der Waals surface area contributed by atoms with Crippen molar-refractivity contribution in [2.45, 2.75) is 13.3 Å². The van der Waals surface area contributed by atoms with Crippen molar-refractivity contribution in [3.8, 4) is 0 Å². The fraction of sp³-hybridized carbons (Fsp3) is 0.333. The average Bonchev–Trinajstić information content (AvgIpc) is 2.15. The van der Waals surface area contributed by atoms with E-state index in [1.807, 2.05) is 0 Å². The van der Waals surface area contributed by atoms with Gasteiger partial charge in [-0.1, -0.05) is 5.16 Å². The molecule has 0 saturated carbocycles. The molecule has 0 bridgehead atoms. The van der Waals surface area contributed by atoms with Gasteiger partial charge in [0, 0.05) is 6.07 Å². The number of aromatic nitrogens is 1. The molecule has 48 valence electrons. The first kappa shape index (κ1) is 6.01. The Hall–Kier alpha value is -1.12. The van der Waals surface area contributed by atoms with Crippen LogP contribution in [0.25, 0.3) is 0 Å². The Labute approximate surface area is 52.7 Å². The lowest BCUT2D eigenvalue weighted by molar-refractivity contribution is -0.116. The van der Waals surface area contributed by atoms with Crippen molar-refractivity contribution in [3.63, 3.8) is 0 Å². The Morgan fingerprint density at radius 1 is 1.89 bits per heavy atom. The lowest BCUT2D eigenvalue weighted by Gasteiger charge is -1.84. The number of carbonyl (C=O) groups excluding carboxylic acids is 1. The fourth-order valence-corrected chi connectivity index (χ4v) is 0.579. The maximum Gasteiger partial charge on any atom is 0.144 e. The van der Waals surface area contributed by atoms with E-state index in [2.05, 4.69) is 9.68 Å². The Bertz CT molecular complexity index is 191. The second kappa shape index (κ2) is 2.44. The molecule has 0 aromatic carbocycles. The SMILES string of the molecule is CC(=O)Cc1ccno1. The zero-order valence-electron chi connectivity index (χ0n) is 5.13. The van der Waals surface area contributed by atoms with Gasteiger partial charge in [0.25, 0.3) is 0 Å². The van der Waals surface area contributed by atoms with E-state index in [1.54, 1.807) is 6.07 Å². The fourth-order valence-electron chi connectivity index (χ4n) is 0.579. The third-order valence-electron chi connectivity index (χ3n) is 0.914. The van der Waals surface area contributed by atoms with E-state index in [-0.39, 0.29) is 5.78 Å². The van der Waals surface area contributed by atoms with Gasteiger partial charge in [0.15, 0.2) is 0 Å². The van der Waals surface area contributed by atoms with Gasteiger partial charge in [-0.2, -0.15) is 0 Å². The van der Waals surface area contributed by atoms with Crippen LogP contribution in [0.4, 0.5) is 0 Å². The highest BCUT2D eigenvalue weighted by Crippen LogP contribution is 1.96. The Morgan fingerprint density at radius 3 is 3.11 bits per heavy atom. The molecule has 0 amide bonds. The van der Waals surface area contributed by atoms with Crippen molar-refractivity contribution < 1.29 is 9.32 Å². The number of nitrogens with zero attached hydrogens (tertiary/aromatic N) is 1. The molecule has 0 N–H and O–H groups in total. The van der Waals surface area contributed by atoms with E-state index in [0.29, 0.717) is 12.2 Å². The third kappa shape index (κ3) is 1.68. The van der Waals surface area contributed by atoms with E-state index >= 15 is 0 Å². The van der Waals surface area contributed by atoms with Crippen LogP contribution in [0.5, 0.6) is 0 Å². The molecule has 1 heterocycles. The quantitative estimate of drug-likeness (QED) is 0.587. The van der Waals surface area contributed by atoms with E-state index in [9.17, 15) is 4.79 Å². The minimum Gasteiger partial charge on any atom is -0.361 e. The molecular formula is C6H7NO2. The first-order valence-corrected chi connectivity index (χ1v) is 2.68. The maximum absolute atomic E-state index is 10.4. The summed E-state index contributed by atoms with van der Waals surface area (Å²) in [5, 5.41) is 3.45. The highest BCUT2D eigenvalue weighted by molar-refractivity contribution is 5.77. The molecule has 0 radical (unpaired) electrons. The number of hydrogen-bond donors (Lipinski definition) is 0. The van der Waals surface area contributed by atoms with Crippen LogP contribution >= 0.6 is 0 Å². The maximum atomic E-state index is 10.4. The van der Waals surface area contributed by atoms with Crippen molar-refractivity contribution in [1.29, 1.82) is 0 Å². The van der Waals surface area contributed by atoms with Gasteiger partial charge in [-0.25, -0.2) is 0 Å². The van der Waals surface area contributed by atoms with E-state index in [1.165, 1.54) is 13.1 Å². The molecule has 3 heteroatoms. The molecule has 1 aromatic heterocycles. The third-order valence-corrected chi connectivity index (χ3v) is 0.914. The summed E-state index contributed by atoms with van der Waals surface area (Å²) in [5.41, 5.74) is 0. The second-order valence-corrected chi connectivity index (χ2v) is 1.86. The molecule has 0 aliphatic carbocycles. The summed E-state index contributed by atoms with van der Waals surface area (Å²) in [6, 6.07) is 1.68. The zero-order valence-corrected chi connectivity index (χ0v) is 5.13. The molecule has 0 spiro atoms. The van der Waals surface area contributed by atoms with Crippen LogP contribution in [0.15, 0.2) is 16.8 Å². The van der Waals surface area contributed by atoms with Gasteiger partial charge in [0.2, 0.25) is 0 Å². The van der Waals surface area contributed by atoms with Gasteiger partial charge in [-0.3, -0.25) is 4.79 Å². The van der Waals surface area contributed by atoms with Crippen molar-refractivity contribution in [1.82, 2.24) is 5.16 Å². The molecule has 1 aromatic rings. The molecule has 1 rings (SSSR count). The van der Waals surface area contributed by atoms with Crippen molar-refractivity contribution in [3.05, 3.63) is 18.0 Å². The van der Waals surface area contributed by atoms with Crippen molar-refractivity contribution >= 4 is 5.78 Å². The van der Waals surface area contributed by atoms with Crippen LogP contribution in [-0.2, 0) is 11.2 Å². The summed E-state index contributed by atoms with van der Waals surface area (Å²) >= 11 is 0. The first-order chi connectivity index (χ1) is 4.29. The highest BCUT2D eigenvalue weighted by atomic mass is 16.5. The van der Waals surface area contributed by atoms with Crippen LogP contribution in [-0.4, -0.2) is 10.9 Å². The van der Waals surface area contributed by atoms with Crippen LogP contribution in [0.1, 0.15) is 12.7 Å². The summed E-state index contributed by atoms with van der Waals surface area (Å²) in [5.74, 6) is 0.717. The number of ketones is 1. The molecule has 0 aliphatic rings. The standard InChI is InChI=1S/C6H7NO2/c1-5(8)4-6-2-3-7-9-6/h2-3H,4H2,1H3. The minimum atomic E-state index is 0.0896. The molecule has 3 nitrogen and oxygen atoms in total. The zero-order chi connectivity index (χ0) is 6.69. The molecular weight excluding hydrogens is 118 g/mol. The van der Waals surface area contributed by atoms with Crippen LogP contribution in [0.3, 0.4) is 0 Å². The van der Waals surface area contributed by atoms with Gasteiger partial charge < -0.3 is 4.52 Å². The molecule has 9 heavy (non-hydrogen) atoms. The van der Waals surface area contributed by atoms with Gasteiger partial charge in [-0.05, 0) is 6.92 Å². The van der Waals surface area contributed by atoms with Gasteiger partial charge in [0.05, 0.1) is 12.6 Å². The Balaban J connectivity index is 2.58. The van der Waals surface area contributed by atoms with Gasteiger partial charge in [-0.15, -0.1) is 0 Å². The lowest BCUT2D eigenvalue weighted by Crippen LogP contribution is -1.93. The normalized spacial score (nSPS) is 9.44. The number of carbonyl (C=O) groups is 1. The summed E-state index contributed by atoms with van der Waals surface area (Å²) < 4.78 is 4.67. The molecule has 0 unspecified atom stereocenters. The molecule has 0 fully saturated rings. The highest BCUT2D eigenvalue weighted by Gasteiger charge is 1.98. The predicted molar refractivity (Wildman–Crippen MR) is 30.9 cm³/mol. The van der Waals surface area contributed by atoms with E-state index in [0.717, 1.165) is 0 Å². The predicted octanol–water partition coefficient (Wildman–Crippen LogP) is 0.806. The lowest BCUT2D eigenvalue weighted by atomic mass is 10.2. The van der Waals surface area contributed by atoms with Crippen LogP contribution in [0, 0.1) is 0 Å². The number of Topliss-reactive ketones (excluding diaryl/α,β-unsaturated/α-hetero) is 1. The second-order valence-electron chi connectivity index (χ2n) is 1.86. The topological polar surface area (TPSA) is 43.1 Å².